The number of rotatable bonds is 1. The summed E-state index contributed by atoms with van der Waals surface area (Å²) in [7, 11) is 0. The highest BCUT2D eigenvalue weighted by Gasteiger charge is 2.43. The number of hydrogen-bond donors (Lipinski definition) is 1. The predicted molar refractivity (Wildman–Crippen MR) is 73.5 cm³/mol. The Kier molecular flexibility index (Phi) is 3.79. The Labute approximate surface area is 120 Å². The van der Waals surface area contributed by atoms with E-state index in [1.54, 1.807) is 6.92 Å². The average molecular weight is 309 g/mol. The number of ether oxygens (including phenoxy) is 1. The van der Waals surface area contributed by atoms with Crippen LogP contribution in [0.2, 0.25) is 0 Å². The maximum absolute atomic E-state index is 10.1. The van der Waals surface area contributed by atoms with Crippen LogP contribution in [0.25, 0.3) is 0 Å². The first-order valence-corrected chi connectivity index (χ1v) is 6.51. The molecule has 1 aliphatic heterocycles. The van der Waals surface area contributed by atoms with Gasteiger partial charge in [0, 0.05) is 0 Å². The monoisotopic (exact) mass is 307 g/mol. The zero-order chi connectivity index (χ0) is 13.4. The summed E-state index contributed by atoms with van der Waals surface area (Å²) in [5.74, 6) is 0.00385. The fraction of sp³-hybridized carbons (Fsp3) is 0.417. The summed E-state index contributed by atoms with van der Waals surface area (Å²) >= 11 is 17.3. The predicted octanol–water partition coefficient (Wildman–Crippen LogP) is 3.06. The van der Waals surface area contributed by atoms with Crippen LogP contribution in [0.3, 0.4) is 0 Å². The number of aliphatic imine (C=N–C) groups is 1. The molecule has 98 valence electrons. The van der Waals surface area contributed by atoms with E-state index in [1.165, 1.54) is 0 Å². The van der Waals surface area contributed by atoms with Crippen molar-refractivity contribution in [3.05, 3.63) is 35.9 Å². The summed E-state index contributed by atoms with van der Waals surface area (Å²) < 4.78 is 3.45. The molecule has 2 rings (SSSR count). The van der Waals surface area contributed by atoms with Crippen LogP contribution in [0, 0.1) is 0 Å². The molecular weight excluding hydrogens is 296 g/mol. The zero-order valence-corrected chi connectivity index (χ0v) is 11.9. The molecule has 0 aliphatic carbocycles. The van der Waals surface area contributed by atoms with Gasteiger partial charge in [0.2, 0.25) is 5.90 Å². The molecule has 0 radical (unpaired) electrons. The molecule has 1 aromatic rings. The van der Waals surface area contributed by atoms with Gasteiger partial charge in [-0.3, -0.25) is 0 Å². The minimum Gasteiger partial charge on any atom is -0.475 e. The van der Waals surface area contributed by atoms with E-state index in [9.17, 15) is 5.11 Å². The second-order valence-corrected chi connectivity index (χ2v) is 6.54. The first-order valence-electron chi connectivity index (χ1n) is 5.37. The molecule has 2 atom stereocenters. The van der Waals surface area contributed by atoms with Crippen LogP contribution < -0.4 is 0 Å². The van der Waals surface area contributed by atoms with E-state index in [0.29, 0.717) is 0 Å². The third-order valence-corrected chi connectivity index (χ3v) is 3.45. The smallest absolute Gasteiger partial charge is 0.266 e. The van der Waals surface area contributed by atoms with Gasteiger partial charge in [0.05, 0.1) is 0 Å². The lowest BCUT2D eigenvalue weighted by molar-refractivity contribution is 0.0233. The van der Waals surface area contributed by atoms with Crippen molar-refractivity contribution in [3.8, 4) is 0 Å². The van der Waals surface area contributed by atoms with Crippen molar-refractivity contribution in [3.63, 3.8) is 0 Å². The SMILES string of the molecule is C[C@]1(c2ccccc2)N=C(C(Cl)(Cl)Cl)OC[C@@H]1O. The van der Waals surface area contributed by atoms with E-state index in [1.807, 2.05) is 30.3 Å². The van der Waals surface area contributed by atoms with Crippen LogP contribution in [0.1, 0.15) is 12.5 Å². The highest BCUT2D eigenvalue weighted by Crippen LogP contribution is 2.38. The maximum atomic E-state index is 10.1. The number of halogens is 3. The van der Waals surface area contributed by atoms with Crippen LogP contribution in [-0.4, -0.2) is 27.5 Å². The van der Waals surface area contributed by atoms with Crippen LogP contribution in [0.4, 0.5) is 0 Å². The molecule has 3 nitrogen and oxygen atoms in total. The van der Waals surface area contributed by atoms with Gasteiger partial charge < -0.3 is 9.84 Å². The first kappa shape index (κ1) is 13.9. The van der Waals surface area contributed by atoms with Crippen molar-refractivity contribution in [2.75, 3.05) is 6.61 Å². The zero-order valence-electron chi connectivity index (χ0n) is 9.61. The van der Waals surface area contributed by atoms with Gasteiger partial charge in [-0.2, -0.15) is 0 Å². The number of alkyl halides is 3. The second-order valence-electron chi connectivity index (χ2n) is 4.26. The molecule has 0 aromatic heterocycles. The minimum atomic E-state index is -1.73. The summed E-state index contributed by atoms with van der Waals surface area (Å²) in [5.41, 5.74) is -0.0359. The van der Waals surface area contributed by atoms with Crippen molar-refractivity contribution < 1.29 is 9.84 Å². The van der Waals surface area contributed by atoms with E-state index in [4.69, 9.17) is 39.5 Å². The quantitative estimate of drug-likeness (QED) is 0.810. The van der Waals surface area contributed by atoms with Gasteiger partial charge in [-0.05, 0) is 12.5 Å². The highest BCUT2D eigenvalue weighted by atomic mass is 35.6. The first-order chi connectivity index (χ1) is 8.34. The number of nitrogens with zero attached hydrogens (tertiary/aromatic N) is 1. The molecule has 0 amide bonds. The third kappa shape index (κ3) is 2.59. The maximum Gasteiger partial charge on any atom is 0.266 e. The Morgan fingerprint density at radius 2 is 1.94 bits per heavy atom. The lowest BCUT2D eigenvalue weighted by Crippen LogP contribution is -2.46. The Balaban J connectivity index is 2.47. The summed E-state index contributed by atoms with van der Waals surface area (Å²) in [5, 5.41) is 10.1. The summed E-state index contributed by atoms with van der Waals surface area (Å²) in [6, 6.07) is 9.36. The van der Waals surface area contributed by atoms with Crippen molar-refractivity contribution in [2.24, 2.45) is 4.99 Å². The van der Waals surface area contributed by atoms with Crippen molar-refractivity contribution >= 4 is 40.7 Å². The normalized spacial score (nSPS) is 28.5. The van der Waals surface area contributed by atoms with Gasteiger partial charge in [-0.15, -0.1) is 0 Å². The molecule has 0 saturated heterocycles. The molecule has 1 aromatic carbocycles. The number of benzene rings is 1. The molecular formula is C12H12Cl3NO2. The Morgan fingerprint density at radius 1 is 1.33 bits per heavy atom. The van der Waals surface area contributed by atoms with Crippen molar-refractivity contribution in [2.45, 2.75) is 22.4 Å². The van der Waals surface area contributed by atoms with Crippen LogP contribution in [-0.2, 0) is 10.3 Å². The Morgan fingerprint density at radius 3 is 2.50 bits per heavy atom. The lowest BCUT2D eigenvalue weighted by Gasteiger charge is -2.37. The van der Waals surface area contributed by atoms with Crippen molar-refractivity contribution in [1.82, 2.24) is 0 Å². The van der Waals surface area contributed by atoms with Gasteiger partial charge in [0.1, 0.15) is 18.2 Å². The van der Waals surface area contributed by atoms with E-state index < -0.39 is 15.4 Å². The van der Waals surface area contributed by atoms with E-state index in [2.05, 4.69) is 4.99 Å². The van der Waals surface area contributed by atoms with Gasteiger partial charge >= 0.3 is 0 Å². The van der Waals surface area contributed by atoms with Gasteiger partial charge in [0.15, 0.2) is 0 Å². The summed E-state index contributed by atoms with van der Waals surface area (Å²) in [6.07, 6.45) is -0.795. The van der Waals surface area contributed by atoms with Crippen molar-refractivity contribution in [1.29, 1.82) is 0 Å². The van der Waals surface area contributed by atoms with Crippen LogP contribution in [0.5, 0.6) is 0 Å². The average Bonchev–Trinajstić information content (AvgIpc) is 2.32. The van der Waals surface area contributed by atoms with E-state index in [0.717, 1.165) is 5.56 Å². The second kappa shape index (κ2) is 4.89. The number of aliphatic hydroxyl groups is 1. The molecule has 0 saturated carbocycles. The number of aliphatic hydroxyl groups excluding tert-OH is 1. The Hall–Kier alpha value is -0.480. The number of hydrogen-bond acceptors (Lipinski definition) is 3. The molecule has 1 aliphatic rings. The van der Waals surface area contributed by atoms with Gasteiger partial charge in [-0.25, -0.2) is 4.99 Å². The van der Waals surface area contributed by atoms with Gasteiger partial charge in [-0.1, -0.05) is 65.1 Å². The third-order valence-electron chi connectivity index (χ3n) is 2.96. The largest absolute Gasteiger partial charge is 0.475 e. The molecule has 0 bridgehead atoms. The molecule has 1 N–H and O–H groups in total. The standard InChI is InChI=1S/C12H12Cl3NO2/c1-11(8-5-3-2-4-6-8)9(17)7-18-10(16-11)12(13,14)15/h2-6,9,17H,7H2,1H3/t9-,11+/m0/s1. The van der Waals surface area contributed by atoms with Gasteiger partial charge in [0.25, 0.3) is 3.79 Å². The topological polar surface area (TPSA) is 41.8 Å². The minimum absolute atomic E-state index is 0.00385. The van der Waals surface area contributed by atoms with Crippen LogP contribution in [0.15, 0.2) is 35.3 Å². The summed E-state index contributed by atoms with van der Waals surface area (Å²) in [6.45, 7) is 1.82. The molecule has 18 heavy (non-hydrogen) atoms. The van der Waals surface area contributed by atoms with E-state index >= 15 is 0 Å². The fourth-order valence-electron chi connectivity index (χ4n) is 1.82. The molecule has 0 spiro atoms. The molecule has 1 heterocycles. The molecule has 6 heteroatoms. The van der Waals surface area contributed by atoms with E-state index in [-0.39, 0.29) is 12.5 Å². The Bertz CT molecular complexity index is 458. The lowest BCUT2D eigenvalue weighted by atomic mass is 9.86. The highest BCUT2D eigenvalue weighted by molar-refractivity contribution is 6.76. The molecule has 0 unspecified atom stereocenters. The van der Waals surface area contributed by atoms with Crippen LogP contribution >= 0.6 is 34.8 Å². The molecule has 0 fully saturated rings. The fourth-order valence-corrected chi connectivity index (χ4v) is 2.11. The summed E-state index contributed by atoms with van der Waals surface area (Å²) in [4.78, 5) is 4.28.